The summed E-state index contributed by atoms with van der Waals surface area (Å²) in [5, 5.41) is 0.501. The minimum atomic E-state index is -1.14. The van der Waals surface area contributed by atoms with Crippen LogP contribution in [-0.4, -0.2) is 42.7 Å². The molecular weight excluding hydrogens is 403 g/mol. The molecule has 2 aromatic rings. The second-order valence-electron chi connectivity index (χ2n) is 6.65. The van der Waals surface area contributed by atoms with Gasteiger partial charge in [0.15, 0.2) is 4.87 Å². The summed E-state index contributed by atoms with van der Waals surface area (Å²) >= 11 is 7.67. The molecule has 2 aromatic carbocycles. The predicted molar refractivity (Wildman–Crippen MR) is 107 cm³/mol. The van der Waals surface area contributed by atoms with Gasteiger partial charge in [0.05, 0.1) is 12.2 Å². The Morgan fingerprint density at radius 2 is 2.04 bits per heavy atom. The van der Waals surface area contributed by atoms with E-state index in [1.807, 2.05) is 0 Å². The fourth-order valence-corrected chi connectivity index (χ4v) is 5.42. The molecule has 1 spiro atoms. The Bertz CT molecular complexity index is 940. The molecule has 0 aliphatic carbocycles. The molecule has 1 saturated heterocycles. The zero-order chi connectivity index (χ0) is 19.9. The van der Waals surface area contributed by atoms with E-state index in [2.05, 4.69) is 0 Å². The Balaban J connectivity index is 1.79. The molecule has 1 atom stereocenters. The lowest BCUT2D eigenvalue weighted by atomic mass is 10.1. The Morgan fingerprint density at radius 1 is 1.29 bits per heavy atom. The standard InChI is InChI=1S/C20H18ClFN2O3S/c1-27-12-18(25)24-8-9-28-20(24)16-10-14(21)4-7-17(16)23(19(20)26)11-13-2-5-15(22)6-3-13/h2-7,10H,8-9,11-12H2,1H3/t20-/m0/s1. The summed E-state index contributed by atoms with van der Waals surface area (Å²) < 4.78 is 18.3. The lowest BCUT2D eigenvalue weighted by molar-refractivity contribution is -0.143. The molecule has 0 radical (unpaired) electrons. The van der Waals surface area contributed by atoms with Crippen molar-refractivity contribution in [3.63, 3.8) is 0 Å². The molecule has 2 aliphatic rings. The van der Waals surface area contributed by atoms with Crippen molar-refractivity contribution in [3.8, 4) is 0 Å². The number of carbonyl (C=O) groups is 2. The highest BCUT2D eigenvalue weighted by Gasteiger charge is 2.59. The number of methoxy groups -OCH3 is 1. The molecule has 0 N–H and O–H groups in total. The molecule has 5 nitrogen and oxygen atoms in total. The molecule has 28 heavy (non-hydrogen) atoms. The van der Waals surface area contributed by atoms with Gasteiger partial charge in [-0.05, 0) is 35.9 Å². The van der Waals surface area contributed by atoms with Gasteiger partial charge in [-0.1, -0.05) is 23.7 Å². The first-order valence-corrected chi connectivity index (χ1v) is 10.1. The summed E-state index contributed by atoms with van der Waals surface area (Å²) in [7, 11) is 1.45. The number of ether oxygens (including phenoxy) is 1. The van der Waals surface area contributed by atoms with Gasteiger partial charge in [-0.3, -0.25) is 9.59 Å². The molecule has 0 saturated carbocycles. The summed E-state index contributed by atoms with van der Waals surface area (Å²) in [6, 6.07) is 11.3. The number of amides is 2. The Labute approximate surface area is 171 Å². The topological polar surface area (TPSA) is 49.9 Å². The van der Waals surface area contributed by atoms with E-state index in [0.29, 0.717) is 28.6 Å². The van der Waals surface area contributed by atoms with E-state index in [0.717, 1.165) is 5.56 Å². The monoisotopic (exact) mass is 420 g/mol. The van der Waals surface area contributed by atoms with Crippen LogP contribution in [0.2, 0.25) is 5.02 Å². The molecule has 2 aliphatic heterocycles. The van der Waals surface area contributed by atoms with Crippen molar-refractivity contribution in [3.05, 3.63) is 64.4 Å². The molecule has 4 rings (SSSR count). The van der Waals surface area contributed by atoms with E-state index in [1.165, 1.54) is 31.0 Å². The lowest BCUT2D eigenvalue weighted by Crippen LogP contribution is -2.51. The van der Waals surface area contributed by atoms with Crippen molar-refractivity contribution < 1.29 is 18.7 Å². The SMILES string of the molecule is COCC(=O)N1CCS[C@@]12C(=O)N(Cc1ccc(F)cc1)c1ccc(Cl)cc12. The van der Waals surface area contributed by atoms with Crippen molar-refractivity contribution >= 4 is 40.9 Å². The average molecular weight is 421 g/mol. The van der Waals surface area contributed by atoms with Gasteiger partial charge in [-0.25, -0.2) is 4.39 Å². The first-order valence-electron chi connectivity index (χ1n) is 8.77. The smallest absolute Gasteiger partial charge is 0.268 e. The zero-order valence-electron chi connectivity index (χ0n) is 15.2. The van der Waals surface area contributed by atoms with Crippen LogP contribution in [0.3, 0.4) is 0 Å². The lowest BCUT2D eigenvalue weighted by Gasteiger charge is -2.33. The third-order valence-corrected chi connectivity index (χ3v) is 6.63. The van der Waals surface area contributed by atoms with Crippen LogP contribution >= 0.6 is 23.4 Å². The number of halogens is 2. The van der Waals surface area contributed by atoms with Gasteiger partial charge < -0.3 is 14.5 Å². The summed E-state index contributed by atoms with van der Waals surface area (Å²) in [5.41, 5.74) is 2.22. The second kappa shape index (κ2) is 7.39. The van der Waals surface area contributed by atoms with Crippen LogP contribution in [0.1, 0.15) is 11.1 Å². The van der Waals surface area contributed by atoms with Gasteiger partial charge >= 0.3 is 0 Å². The fourth-order valence-electron chi connectivity index (χ4n) is 3.77. The van der Waals surface area contributed by atoms with Crippen LogP contribution < -0.4 is 4.90 Å². The predicted octanol–water partition coefficient (Wildman–Crippen LogP) is 3.40. The van der Waals surface area contributed by atoms with Crippen LogP contribution in [0.5, 0.6) is 0 Å². The number of carbonyl (C=O) groups excluding carboxylic acids is 2. The van der Waals surface area contributed by atoms with E-state index in [-0.39, 0.29) is 30.8 Å². The number of benzene rings is 2. The van der Waals surface area contributed by atoms with Crippen molar-refractivity contribution in [1.29, 1.82) is 0 Å². The molecule has 0 unspecified atom stereocenters. The van der Waals surface area contributed by atoms with Crippen LogP contribution in [0.15, 0.2) is 42.5 Å². The van der Waals surface area contributed by atoms with Gasteiger partial charge in [0, 0.05) is 30.0 Å². The molecule has 0 aromatic heterocycles. The van der Waals surface area contributed by atoms with Crippen molar-refractivity contribution in [1.82, 2.24) is 4.90 Å². The van der Waals surface area contributed by atoms with Gasteiger partial charge in [-0.15, -0.1) is 11.8 Å². The first kappa shape index (κ1) is 19.2. The van der Waals surface area contributed by atoms with Crippen LogP contribution in [-0.2, 0) is 25.7 Å². The van der Waals surface area contributed by atoms with Crippen molar-refractivity contribution in [2.75, 3.05) is 30.9 Å². The van der Waals surface area contributed by atoms with Gasteiger partial charge in [0.2, 0.25) is 5.91 Å². The van der Waals surface area contributed by atoms with Crippen LogP contribution in [0.4, 0.5) is 10.1 Å². The third-order valence-electron chi connectivity index (χ3n) is 4.98. The van der Waals surface area contributed by atoms with Gasteiger partial charge in [0.25, 0.3) is 5.91 Å². The Hall–Kier alpha value is -2.09. The minimum absolute atomic E-state index is 0.0938. The highest BCUT2D eigenvalue weighted by Crippen LogP contribution is 2.54. The molecule has 1 fully saturated rings. The quantitative estimate of drug-likeness (QED) is 0.760. The number of nitrogens with zero attached hydrogens (tertiary/aromatic N) is 2. The molecule has 8 heteroatoms. The summed E-state index contributed by atoms with van der Waals surface area (Å²) in [6.07, 6.45) is 0. The van der Waals surface area contributed by atoms with Crippen LogP contribution in [0.25, 0.3) is 0 Å². The molecular formula is C20H18ClFN2O3S. The van der Waals surface area contributed by atoms with E-state index < -0.39 is 4.87 Å². The fraction of sp³-hybridized carbons (Fsp3) is 0.300. The number of hydrogen-bond acceptors (Lipinski definition) is 4. The molecule has 146 valence electrons. The maximum Gasteiger partial charge on any atom is 0.268 e. The average Bonchev–Trinajstić information content (AvgIpc) is 3.21. The molecule has 2 heterocycles. The Kier molecular flexibility index (Phi) is 5.07. The summed E-state index contributed by atoms with van der Waals surface area (Å²) in [6.45, 7) is 0.640. The number of rotatable bonds is 4. The number of hydrogen-bond donors (Lipinski definition) is 0. The number of fused-ring (bicyclic) bond motifs is 2. The summed E-state index contributed by atoms with van der Waals surface area (Å²) in [5.74, 6) is -0.128. The Morgan fingerprint density at radius 3 is 2.75 bits per heavy atom. The van der Waals surface area contributed by atoms with E-state index in [1.54, 1.807) is 40.1 Å². The maximum absolute atomic E-state index is 13.6. The van der Waals surface area contributed by atoms with E-state index in [9.17, 15) is 14.0 Å². The summed E-state index contributed by atoms with van der Waals surface area (Å²) in [4.78, 5) is 28.4. The largest absolute Gasteiger partial charge is 0.375 e. The second-order valence-corrected chi connectivity index (χ2v) is 8.37. The third kappa shape index (κ3) is 2.98. The molecule has 2 amide bonds. The maximum atomic E-state index is 13.6. The van der Waals surface area contributed by atoms with Gasteiger partial charge in [-0.2, -0.15) is 0 Å². The highest BCUT2D eigenvalue weighted by atomic mass is 35.5. The van der Waals surface area contributed by atoms with Crippen LogP contribution in [0, 0.1) is 5.82 Å². The zero-order valence-corrected chi connectivity index (χ0v) is 16.7. The highest BCUT2D eigenvalue weighted by molar-refractivity contribution is 8.01. The number of anilines is 1. The molecule has 0 bridgehead atoms. The minimum Gasteiger partial charge on any atom is -0.375 e. The van der Waals surface area contributed by atoms with E-state index >= 15 is 0 Å². The number of thioether (sulfide) groups is 1. The van der Waals surface area contributed by atoms with Gasteiger partial charge in [0.1, 0.15) is 12.4 Å². The normalized spacial score (nSPS) is 20.9. The van der Waals surface area contributed by atoms with E-state index in [4.69, 9.17) is 16.3 Å². The first-order chi connectivity index (χ1) is 13.5. The van der Waals surface area contributed by atoms with Crippen molar-refractivity contribution in [2.45, 2.75) is 11.4 Å². The van der Waals surface area contributed by atoms with Crippen molar-refractivity contribution in [2.24, 2.45) is 0 Å².